The summed E-state index contributed by atoms with van der Waals surface area (Å²) in [6.07, 6.45) is 3.60. The van der Waals surface area contributed by atoms with E-state index in [1.54, 1.807) is 14.0 Å². The minimum absolute atomic E-state index is 0.268. The van der Waals surface area contributed by atoms with E-state index in [0.29, 0.717) is 6.42 Å². The highest BCUT2D eigenvalue weighted by Crippen LogP contribution is 2.20. The number of rotatable bonds is 9. The van der Waals surface area contributed by atoms with E-state index in [9.17, 15) is 4.79 Å². The van der Waals surface area contributed by atoms with Crippen LogP contribution >= 0.6 is 0 Å². The quantitative estimate of drug-likeness (QED) is 0.696. The van der Waals surface area contributed by atoms with Crippen LogP contribution in [-0.4, -0.2) is 26.0 Å². The molecule has 0 saturated heterocycles. The van der Waals surface area contributed by atoms with Crippen LogP contribution in [-0.2, 0) is 17.6 Å². The van der Waals surface area contributed by atoms with Crippen molar-refractivity contribution in [2.75, 3.05) is 20.2 Å². The highest BCUT2D eigenvalue weighted by molar-refractivity contribution is 5.75. The second-order valence-corrected chi connectivity index (χ2v) is 4.81. The first-order valence-electron chi connectivity index (χ1n) is 7.03. The summed E-state index contributed by atoms with van der Waals surface area (Å²) in [6, 6.07) is 6.38. The minimum Gasteiger partial charge on any atom is -0.496 e. The SMILES string of the molecule is CCc1cc(CCNCCCC(C)=O)ccc1OC. The van der Waals surface area contributed by atoms with Crippen molar-refractivity contribution in [1.29, 1.82) is 0 Å². The Morgan fingerprint density at radius 1 is 1.32 bits per heavy atom. The van der Waals surface area contributed by atoms with Crippen LogP contribution in [0.3, 0.4) is 0 Å². The lowest BCUT2D eigenvalue weighted by Crippen LogP contribution is -2.19. The lowest BCUT2D eigenvalue weighted by atomic mass is 10.1. The van der Waals surface area contributed by atoms with Gasteiger partial charge in [-0.3, -0.25) is 0 Å². The third-order valence-corrected chi connectivity index (χ3v) is 3.20. The van der Waals surface area contributed by atoms with Gasteiger partial charge in [-0.05, 0) is 56.5 Å². The van der Waals surface area contributed by atoms with Crippen LogP contribution in [0.4, 0.5) is 0 Å². The fraction of sp³-hybridized carbons (Fsp3) is 0.562. The van der Waals surface area contributed by atoms with Crippen molar-refractivity contribution in [3.8, 4) is 5.75 Å². The number of hydrogen-bond acceptors (Lipinski definition) is 3. The highest BCUT2D eigenvalue weighted by atomic mass is 16.5. The molecule has 0 unspecified atom stereocenters. The number of methoxy groups -OCH3 is 1. The van der Waals surface area contributed by atoms with Gasteiger partial charge in [-0.1, -0.05) is 19.1 Å². The van der Waals surface area contributed by atoms with E-state index in [2.05, 4.69) is 24.4 Å². The topological polar surface area (TPSA) is 38.3 Å². The number of carbonyl (C=O) groups is 1. The predicted octanol–water partition coefficient (Wildman–Crippen LogP) is 2.76. The fourth-order valence-corrected chi connectivity index (χ4v) is 2.08. The van der Waals surface area contributed by atoms with Crippen molar-refractivity contribution in [2.24, 2.45) is 0 Å². The average Bonchev–Trinajstić information content (AvgIpc) is 2.42. The molecule has 0 spiro atoms. The Morgan fingerprint density at radius 2 is 2.11 bits per heavy atom. The Balaban J connectivity index is 2.31. The van der Waals surface area contributed by atoms with Crippen LogP contribution in [0, 0.1) is 0 Å². The van der Waals surface area contributed by atoms with E-state index in [4.69, 9.17) is 4.74 Å². The van der Waals surface area contributed by atoms with E-state index in [1.807, 2.05) is 6.07 Å². The van der Waals surface area contributed by atoms with Crippen molar-refractivity contribution in [1.82, 2.24) is 5.32 Å². The molecule has 0 amide bonds. The molecule has 0 aromatic heterocycles. The first-order valence-corrected chi connectivity index (χ1v) is 7.03. The van der Waals surface area contributed by atoms with Gasteiger partial charge in [-0.2, -0.15) is 0 Å². The second kappa shape index (κ2) is 8.70. The molecule has 0 fully saturated rings. The van der Waals surface area contributed by atoms with E-state index in [1.165, 1.54) is 11.1 Å². The van der Waals surface area contributed by atoms with Crippen LogP contribution in [0.1, 0.15) is 37.8 Å². The Morgan fingerprint density at radius 3 is 2.74 bits per heavy atom. The molecule has 0 aliphatic carbocycles. The van der Waals surface area contributed by atoms with E-state index >= 15 is 0 Å². The molecule has 3 nitrogen and oxygen atoms in total. The molecule has 0 atom stereocenters. The molecule has 1 aromatic rings. The van der Waals surface area contributed by atoms with E-state index < -0.39 is 0 Å². The number of ketones is 1. The normalized spacial score (nSPS) is 10.5. The number of aryl methyl sites for hydroxylation is 1. The van der Waals surface area contributed by atoms with Gasteiger partial charge in [0.2, 0.25) is 0 Å². The zero-order valence-electron chi connectivity index (χ0n) is 12.3. The number of hydrogen-bond donors (Lipinski definition) is 1. The van der Waals surface area contributed by atoms with Crippen LogP contribution in [0.25, 0.3) is 0 Å². The first kappa shape index (κ1) is 15.7. The van der Waals surface area contributed by atoms with Crippen LogP contribution in [0.2, 0.25) is 0 Å². The average molecular weight is 263 g/mol. The van der Waals surface area contributed by atoms with E-state index in [-0.39, 0.29) is 5.78 Å². The van der Waals surface area contributed by atoms with Gasteiger partial charge in [-0.15, -0.1) is 0 Å². The molecule has 0 bridgehead atoms. The number of benzene rings is 1. The summed E-state index contributed by atoms with van der Waals surface area (Å²) in [6.45, 7) is 5.65. The van der Waals surface area contributed by atoms with Gasteiger partial charge in [0.25, 0.3) is 0 Å². The lowest BCUT2D eigenvalue weighted by Gasteiger charge is -2.09. The number of Topliss-reactive ketones (excluding diaryl/α,β-unsaturated/α-hetero) is 1. The minimum atomic E-state index is 0.268. The molecule has 19 heavy (non-hydrogen) atoms. The van der Waals surface area contributed by atoms with Gasteiger partial charge in [0, 0.05) is 6.42 Å². The Hall–Kier alpha value is -1.35. The lowest BCUT2D eigenvalue weighted by molar-refractivity contribution is -0.117. The zero-order chi connectivity index (χ0) is 14.1. The maximum absolute atomic E-state index is 10.8. The molecule has 0 saturated carbocycles. The smallest absolute Gasteiger partial charge is 0.129 e. The summed E-state index contributed by atoms with van der Waals surface area (Å²) in [7, 11) is 1.71. The molecule has 0 radical (unpaired) electrons. The summed E-state index contributed by atoms with van der Waals surface area (Å²) in [5.74, 6) is 1.24. The molecular weight excluding hydrogens is 238 g/mol. The Labute approximate surface area is 116 Å². The van der Waals surface area contributed by atoms with Gasteiger partial charge in [0.1, 0.15) is 11.5 Å². The fourth-order valence-electron chi connectivity index (χ4n) is 2.08. The van der Waals surface area contributed by atoms with Crippen molar-refractivity contribution < 1.29 is 9.53 Å². The van der Waals surface area contributed by atoms with Gasteiger partial charge < -0.3 is 14.8 Å². The summed E-state index contributed by atoms with van der Waals surface area (Å²) in [5, 5.41) is 3.37. The zero-order valence-corrected chi connectivity index (χ0v) is 12.3. The maximum Gasteiger partial charge on any atom is 0.129 e. The Kier molecular flexibility index (Phi) is 7.19. The third-order valence-electron chi connectivity index (χ3n) is 3.20. The predicted molar refractivity (Wildman–Crippen MR) is 78.9 cm³/mol. The van der Waals surface area contributed by atoms with Crippen molar-refractivity contribution in [3.63, 3.8) is 0 Å². The monoisotopic (exact) mass is 263 g/mol. The van der Waals surface area contributed by atoms with Crippen molar-refractivity contribution in [2.45, 2.75) is 39.5 Å². The first-order chi connectivity index (χ1) is 9.17. The van der Waals surface area contributed by atoms with Gasteiger partial charge in [0.05, 0.1) is 7.11 Å². The largest absolute Gasteiger partial charge is 0.496 e. The van der Waals surface area contributed by atoms with Crippen LogP contribution < -0.4 is 10.1 Å². The number of carbonyl (C=O) groups excluding carboxylic acids is 1. The molecule has 106 valence electrons. The summed E-state index contributed by atoms with van der Waals surface area (Å²) in [5.41, 5.74) is 2.59. The second-order valence-electron chi connectivity index (χ2n) is 4.81. The van der Waals surface area contributed by atoms with Crippen LogP contribution in [0.15, 0.2) is 18.2 Å². The third kappa shape index (κ3) is 5.88. The molecule has 0 aliphatic heterocycles. The summed E-state index contributed by atoms with van der Waals surface area (Å²) >= 11 is 0. The standard InChI is InChI=1S/C16H25NO2/c1-4-15-12-14(7-8-16(15)19-3)9-11-17-10-5-6-13(2)18/h7-8,12,17H,4-6,9-11H2,1-3H3. The molecule has 0 heterocycles. The van der Waals surface area contributed by atoms with Crippen molar-refractivity contribution >= 4 is 5.78 Å². The van der Waals surface area contributed by atoms with E-state index in [0.717, 1.165) is 38.1 Å². The highest BCUT2D eigenvalue weighted by Gasteiger charge is 2.02. The summed E-state index contributed by atoms with van der Waals surface area (Å²) in [4.78, 5) is 10.8. The maximum atomic E-state index is 10.8. The van der Waals surface area contributed by atoms with Crippen LogP contribution in [0.5, 0.6) is 5.75 Å². The van der Waals surface area contributed by atoms with Gasteiger partial charge in [-0.25, -0.2) is 0 Å². The number of ether oxygens (including phenoxy) is 1. The summed E-state index contributed by atoms with van der Waals surface area (Å²) < 4.78 is 5.32. The molecule has 1 N–H and O–H groups in total. The van der Waals surface area contributed by atoms with Gasteiger partial charge in [0.15, 0.2) is 0 Å². The molecule has 0 aliphatic rings. The van der Waals surface area contributed by atoms with Crippen molar-refractivity contribution in [3.05, 3.63) is 29.3 Å². The molecule has 1 aromatic carbocycles. The molecular formula is C16H25NO2. The molecule has 1 rings (SSSR count). The number of nitrogens with one attached hydrogen (secondary N) is 1. The van der Waals surface area contributed by atoms with Gasteiger partial charge >= 0.3 is 0 Å². The molecule has 3 heteroatoms. The Bertz CT molecular complexity index is 402.